The summed E-state index contributed by atoms with van der Waals surface area (Å²) in [5, 5.41) is 16.6. The van der Waals surface area contributed by atoms with E-state index in [0.717, 1.165) is 43.4 Å². The third kappa shape index (κ3) is 9.43. The van der Waals surface area contributed by atoms with Gasteiger partial charge in [-0.05, 0) is 71.7 Å². The molecule has 53 heavy (non-hydrogen) atoms. The number of benzene rings is 3. The molecule has 0 atom stereocenters. The van der Waals surface area contributed by atoms with Gasteiger partial charge in [0.1, 0.15) is 0 Å². The number of nitrogens with zero attached hydrogens (tertiary/aromatic N) is 1. The van der Waals surface area contributed by atoms with Gasteiger partial charge in [-0.2, -0.15) is 0 Å². The molecule has 6 heteroatoms. The number of hydrogen-bond donors (Lipinski definition) is 1. The van der Waals surface area contributed by atoms with Crippen molar-refractivity contribution in [1.29, 1.82) is 0 Å². The summed E-state index contributed by atoms with van der Waals surface area (Å²) in [5.41, 5.74) is 5.60. The molecule has 0 fully saturated rings. The summed E-state index contributed by atoms with van der Waals surface area (Å²) in [6, 6.07) is 24.2. The van der Waals surface area contributed by atoms with Crippen molar-refractivity contribution in [2.75, 3.05) is 0 Å². The van der Waals surface area contributed by atoms with Crippen LogP contribution in [0.1, 0.15) is 114 Å². The van der Waals surface area contributed by atoms with Crippen molar-refractivity contribution in [2.24, 2.45) is 17.8 Å². The molecule has 0 saturated heterocycles. The molecule has 2 heterocycles. The second-order valence-corrected chi connectivity index (χ2v) is 23.0. The smallest absolute Gasteiger partial charge is 0.162 e. The van der Waals surface area contributed by atoms with Gasteiger partial charge in [0, 0.05) is 64.7 Å². The first-order chi connectivity index (χ1) is 24.8. The SMILES string of the molecule is CC(C)Cc1cccc2c1sc1c(-c3[c-]c4ccccc4c([Si](C(C)C)(C(C)C)C(C)C)c3)nccc12.CCC(CC)C(=O)/C=C(\O)C(CC)CC.[Ir]. The van der Waals surface area contributed by atoms with Gasteiger partial charge in [-0.25, -0.2) is 0 Å². The summed E-state index contributed by atoms with van der Waals surface area (Å²) in [6.07, 6.45) is 8.01. The summed E-state index contributed by atoms with van der Waals surface area (Å²) in [4.78, 5) is 16.7. The molecule has 5 aromatic rings. The number of allylic oxidation sites excluding steroid dienone is 2. The van der Waals surface area contributed by atoms with E-state index >= 15 is 0 Å². The van der Waals surface area contributed by atoms with Gasteiger partial charge in [0.05, 0.1) is 13.8 Å². The van der Waals surface area contributed by atoms with Crippen molar-refractivity contribution in [3.8, 4) is 11.3 Å². The molecule has 5 rings (SSSR count). The number of carbonyl (C=O) groups excluding carboxylic acids is 1. The van der Waals surface area contributed by atoms with Crippen LogP contribution in [0.5, 0.6) is 0 Å². The van der Waals surface area contributed by atoms with E-state index in [1.54, 1.807) is 5.19 Å². The molecular weight excluding hydrogens is 863 g/mol. The first-order valence-electron chi connectivity index (χ1n) is 20.0. The van der Waals surface area contributed by atoms with Gasteiger partial charge >= 0.3 is 0 Å². The number of carbonyl (C=O) groups is 1. The summed E-state index contributed by atoms with van der Waals surface area (Å²) in [7, 11) is -1.90. The quantitative estimate of drug-likeness (QED) is 0.0522. The summed E-state index contributed by atoms with van der Waals surface area (Å²) >= 11 is 1.92. The zero-order valence-electron chi connectivity index (χ0n) is 34.4. The largest absolute Gasteiger partial charge is 0.512 e. The minimum absolute atomic E-state index is 0. The fourth-order valence-electron chi connectivity index (χ4n) is 9.00. The molecular formula is C47H64IrNO2SSi-. The number of aromatic nitrogens is 1. The van der Waals surface area contributed by atoms with Crippen molar-refractivity contribution in [3.63, 3.8) is 0 Å². The van der Waals surface area contributed by atoms with Crippen LogP contribution in [-0.4, -0.2) is 23.9 Å². The van der Waals surface area contributed by atoms with Crippen LogP contribution in [0, 0.1) is 23.8 Å². The third-order valence-corrected chi connectivity index (χ3v) is 20.0. The minimum atomic E-state index is -1.90. The summed E-state index contributed by atoms with van der Waals surface area (Å²) in [5.74, 6) is 1.18. The zero-order chi connectivity index (χ0) is 38.3. The maximum absolute atomic E-state index is 11.7. The number of rotatable bonds is 14. The van der Waals surface area contributed by atoms with Gasteiger partial charge in [0.2, 0.25) is 0 Å². The molecule has 0 saturated carbocycles. The Labute approximate surface area is 339 Å². The number of ketones is 1. The third-order valence-electron chi connectivity index (χ3n) is 11.6. The number of aliphatic hydroxyl groups excluding tert-OH is 1. The normalized spacial score (nSPS) is 12.5. The van der Waals surface area contributed by atoms with Gasteiger partial charge in [0.15, 0.2) is 5.78 Å². The Morgan fingerprint density at radius 3 is 1.91 bits per heavy atom. The first-order valence-corrected chi connectivity index (χ1v) is 23.0. The van der Waals surface area contributed by atoms with Crippen LogP contribution in [0.15, 0.2) is 72.6 Å². The van der Waals surface area contributed by atoms with Crippen LogP contribution in [0.25, 0.3) is 42.2 Å². The number of aliphatic hydroxyl groups is 1. The van der Waals surface area contributed by atoms with Crippen molar-refractivity contribution < 1.29 is 30.0 Å². The van der Waals surface area contributed by atoms with Crippen LogP contribution < -0.4 is 5.19 Å². The van der Waals surface area contributed by atoms with Crippen molar-refractivity contribution in [3.05, 3.63) is 84.3 Å². The van der Waals surface area contributed by atoms with E-state index in [1.807, 2.05) is 45.2 Å². The maximum Gasteiger partial charge on any atom is 0.162 e. The molecule has 0 unspecified atom stereocenters. The molecule has 3 aromatic carbocycles. The van der Waals surface area contributed by atoms with E-state index in [1.165, 1.54) is 42.6 Å². The molecule has 0 spiro atoms. The van der Waals surface area contributed by atoms with Gasteiger partial charge < -0.3 is 5.11 Å². The van der Waals surface area contributed by atoms with Crippen LogP contribution in [0.3, 0.4) is 0 Å². The topological polar surface area (TPSA) is 50.2 Å². The number of thiophene rings is 1. The Balaban J connectivity index is 0.000000403. The minimum Gasteiger partial charge on any atom is -0.512 e. The standard InChI is InChI=1S/C34H40NSSi.C13H24O2.Ir/c1-21(2)18-26-13-11-15-29-30-16-17-35-32(34(30)36-33(26)29)27-19-25-12-9-10-14-28(25)31(20-27)37(22(3)4,23(5)6)24(7)8;1-5-10(6-2)12(14)9-13(15)11(7-3)8-4;/h9-17,20-24H,18H2,1-8H3;9-11,14H,5-8H2,1-4H3;/q-1;;/b;12-9-;. The molecule has 0 aliphatic rings. The Morgan fingerprint density at radius 2 is 1.34 bits per heavy atom. The summed E-state index contributed by atoms with van der Waals surface area (Å²) in [6.45, 7) is 27.4. The molecule has 3 nitrogen and oxygen atoms in total. The number of pyridine rings is 1. The van der Waals surface area contributed by atoms with Crippen molar-refractivity contribution in [2.45, 2.75) is 132 Å². The van der Waals surface area contributed by atoms with E-state index in [0.29, 0.717) is 22.5 Å². The van der Waals surface area contributed by atoms with Crippen LogP contribution in [0.4, 0.5) is 0 Å². The zero-order valence-corrected chi connectivity index (χ0v) is 38.6. The average molecular weight is 927 g/mol. The fraction of sp³-hybridized carbons (Fsp3) is 0.489. The van der Waals surface area contributed by atoms with E-state index in [-0.39, 0.29) is 43.5 Å². The Kier molecular flexibility index (Phi) is 16.7. The number of hydrogen-bond acceptors (Lipinski definition) is 4. The number of fused-ring (bicyclic) bond motifs is 4. The molecule has 0 bridgehead atoms. The molecule has 0 aliphatic heterocycles. The monoisotopic (exact) mass is 927 g/mol. The maximum atomic E-state index is 11.7. The van der Waals surface area contributed by atoms with Gasteiger partial charge in [0.25, 0.3) is 0 Å². The van der Waals surface area contributed by atoms with E-state index in [2.05, 4.69) is 116 Å². The second kappa shape index (κ2) is 19.8. The van der Waals surface area contributed by atoms with Crippen molar-refractivity contribution in [1.82, 2.24) is 4.98 Å². The second-order valence-electron chi connectivity index (χ2n) is 16.1. The average Bonchev–Trinajstić information content (AvgIpc) is 3.49. The van der Waals surface area contributed by atoms with E-state index in [9.17, 15) is 9.90 Å². The van der Waals surface area contributed by atoms with E-state index in [4.69, 9.17) is 4.98 Å². The van der Waals surface area contributed by atoms with Crippen LogP contribution in [-0.2, 0) is 31.3 Å². The predicted molar refractivity (Wildman–Crippen MR) is 232 cm³/mol. The van der Waals surface area contributed by atoms with Crippen LogP contribution >= 0.6 is 11.3 Å². The summed E-state index contributed by atoms with van der Waals surface area (Å²) < 4.78 is 2.70. The van der Waals surface area contributed by atoms with Crippen LogP contribution in [0.2, 0.25) is 16.6 Å². The van der Waals surface area contributed by atoms with E-state index < -0.39 is 8.07 Å². The van der Waals surface area contributed by atoms with Gasteiger partial charge in [-0.1, -0.05) is 130 Å². The Hall–Kier alpha value is -2.63. The molecule has 2 aromatic heterocycles. The Morgan fingerprint density at radius 1 is 0.774 bits per heavy atom. The molecule has 0 aliphatic carbocycles. The fourth-order valence-corrected chi connectivity index (χ4v) is 17.3. The molecule has 1 N–H and O–H groups in total. The first kappa shape index (κ1) is 44.8. The molecule has 289 valence electrons. The Bertz CT molecular complexity index is 1960. The van der Waals surface area contributed by atoms with Crippen molar-refractivity contribution >= 4 is 61.3 Å². The molecule has 0 amide bonds. The predicted octanol–water partition coefficient (Wildman–Crippen LogP) is 14.0. The van der Waals surface area contributed by atoms with Gasteiger partial charge in [-0.15, -0.1) is 40.1 Å². The van der Waals surface area contributed by atoms with Gasteiger partial charge in [-0.3, -0.25) is 9.78 Å². The molecule has 1 radical (unpaired) electrons.